The predicted molar refractivity (Wildman–Crippen MR) is 98.6 cm³/mol. The Morgan fingerprint density at radius 3 is 2.38 bits per heavy atom. The molecule has 4 nitrogen and oxygen atoms in total. The maximum Gasteiger partial charge on any atom is 0.269 e. The Bertz CT molecular complexity index is 671. The van der Waals surface area contributed by atoms with Crippen LogP contribution in [-0.2, 0) is 0 Å². The number of nitrogens with zero attached hydrogens (tertiary/aromatic N) is 1. The zero-order chi connectivity index (χ0) is 17.4. The van der Waals surface area contributed by atoms with Gasteiger partial charge in [-0.15, -0.1) is 0 Å². The molecule has 126 valence electrons. The van der Waals surface area contributed by atoms with Crippen LogP contribution in [0.25, 0.3) is 0 Å². The van der Waals surface area contributed by atoms with Crippen LogP contribution in [0.5, 0.6) is 0 Å². The van der Waals surface area contributed by atoms with E-state index in [1.165, 1.54) is 12.1 Å². The van der Waals surface area contributed by atoms with Crippen molar-refractivity contribution in [3.8, 4) is 0 Å². The summed E-state index contributed by atoms with van der Waals surface area (Å²) < 4.78 is 0. The monoisotopic (exact) mass is 343 g/mol. The summed E-state index contributed by atoms with van der Waals surface area (Å²) in [5, 5.41) is 10.8. The molecule has 2 aromatic carbocycles. The first-order valence-corrected chi connectivity index (χ1v) is 9.11. The summed E-state index contributed by atoms with van der Waals surface area (Å²) in [5.74, 6) is 1.07. The smallest absolute Gasteiger partial charge is 0.269 e. The number of hydrogen-bond acceptors (Lipinski definition) is 4. The quantitative estimate of drug-likeness (QED) is 0.263. The van der Waals surface area contributed by atoms with Crippen LogP contribution in [0.1, 0.15) is 47.4 Å². The summed E-state index contributed by atoms with van der Waals surface area (Å²) >= 11 is 1.75. The lowest BCUT2D eigenvalue weighted by atomic mass is 10.0. The van der Waals surface area contributed by atoms with Crippen LogP contribution in [-0.4, -0.2) is 16.5 Å². The lowest BCUT2D eigenvalue weighted by molar-refractivity contribution is -0.384. The van der Waals surface area contributed by atoms with E-state index in [1.807, 2.05) is 30.3 Å². The minimum Gasteiger partial charge on any atom is -0.294 e. The van der Waals surface area contributed by atoms with Crippen LogP contribution in [0.4, 0.5) is 5.69 Å². The summed E-state index contributed by atoms with van der Waals surface area (Å²) in [6.45, 7) is 2.14. The summed E-state index contributed by atoms with van der Waals surface area (Å²) in [6.07, 6.45) is 2.59. The van der Waals surface area contributed by atoms with Crippen molar-refractivity contribution in [2.75, 3.05) is 5.75 Å². The molecule has 0 heterocycles. The number of nitro groups is 1. The molecule has 0 saturated carbocycles. The highest BCUT2D eigenvalue weighted by molar-refractivity contribution is 7.99. The maximum absolute atomic E-state index is 12.5. The third kappa shape index (κ3) is 5.20. The number of Topliss-reactive ketones (excluding diaryl/α,β-unsaturated/α-hetero) is 1. The molecule has 2 rings (SSSR count). The molecule has 0 bridgehead atoms. The number of thioether (sulfide) groups is 1. The van der Waals surface area contributed by atoms with Crippen molar-refractivity contribution in [1.29, 1.82) is 0 Å². The van der Waals surface area contributed by atoms with Crippen molar-refractivity contribution in [2.45, 2.75) is 31.4 Å². The Morgan fingerprint density at radius 2 is 1.79 bits per heavy atom. The number of carbonyl (C=O) groups is 1. The van der Waals surface area contributed by atoms with Gasteiger partial charge >= 0.3 is 0 Å². The van der Waals surface area contributed by atoms with Gasteiger partial charge in [0.25, 0.3) is 5.69 Å². The van der Waals surface area contributed by atoms with Gasteiger partial charge in [0.15, 0.2) is 5.78 Å². The highest BCUT2D eigenvalue weighted by Gasteiger charge is 2.18. The van der Waals surface area contributed by atoms with Gasteiger partial charge < -0.3 is 0 Å². The van der Waals surface area contributed by atoms with E-state index in [0.29, 0.717) is 12.0 Å². The largest absolute Gasteiger partial charge is 0.294 e. The summed E-state index contributed by atoms with van der Waals surface area (Å²) in [4.78, 5) is 22.9. The number of benzene rings is 2. The van der Waals surface area contributed by atoms with E-state index in [0.717, 1.165) is 24.2 Å². The first-order valence-electron chi connectivity index (χ1n) is 8.06. The molecule has 0 aliphatic heterocycles. The summed E-state index contributed by atoms with van der Waals surface area (Å²) in [5.41, 5.74) is 1.75. The number of rotatable bonds is 9. The Hall–Kier alpha value is -2.14. The number of non-ortho nitro benzene ring substituents is 1. The highest BCUT2D eigenvalue weighted by atomic mass is 32.2. The number of ketones is 1. The van der Waals surface area contributed by atoms with Gasteiger partial charge in [0.05, 0.1) is 4.92 Å². The van der Waals surface area contributed by atoms with Gasteiger partial charge in [0, 0.05) is 29.4 Å². The molecule has 0 aromatic heterocycles. The highest BCUT2D eigenvalue weighted by Crippen LogP contribution is 2.34. The zero-order valence-corrected chi connectivity index (χ0v) is 14.5. The van der Waals surface area contributed by atoms with Crippen LogP contribution in [0.2, 0.25) is 0 Å². The van der Waals surface area contributed by atoms with Crippen molar-refractivity contribution in [3.05, 3.63) is 75.8 Å². The standard InChI is InChI=1S/C19H21NO3S/c1-2-3-13-24-19(14-18(21)15-7-5-4-6-8-15)16-9-11-17(12-10-16)20(22)23/h4-12,19H,2-3,13-14H2,1H3. The van der Waals surface area contributed by atoms with Crippen molar-refractivity contribution in [2.24, 2.45) is 0 Å². The Balaban J connectivity index is 2.14. The van der Waals surface area contributed by atoms with Crippen molar-refractivity contribution >= 4 is 23.2 Å². The average molecular weight is 343 g/mol. The van der Waals surface area contributed by atoms with Gasteiger partial charge in [0.2, 0.25) is 0 Å². The first kappa shape index (κ1) is 18.2. The molecule has 5 heteroatoms. The van der Waals surface area contributed by atoms with Crippen molar-refractivity contribution < 1.29 is 9.72 Å². The summed E-state index contributed by atoms with van der Waals surface area (Å²) in [7, 11) is 0. The fraction of sp³-hybridized carbons (Fsp3) is 0.316. The van der Waals surface area contributed by atoms with Crippen LogP contribution in [0, 0.1) is 10.1 Å². The van der Waals surface area contributed by atoms with Gasteiger partial charge in [-0.2, -0.15) is 11.8 Å². The molecule has 0 saturated heterocycles. The second-order valence-corrected chi connectivity index (χ2v) is 6.87. The Kier molecular flexibility index (Phi) is 7.00. The third-order valence-corrected chi connectivity index (χ3v) is 5.12. The van der Waals surface area contributed by atoms with Crippen LogP contribution in [0.3, 0.4) is 0 Å². The van der Waals surface area contributed by atoms with E-state index in [4.69, 9.17) is 0 Å². The van der Waals surface area contributed by atoms with E-state index < -0.39 is 4.92 Å². The SMILES string of the molecule is CCCCSC(CC(=O)c1ccccc1)c1ccc([N+](=O)[O-])cc1. The average Bonchev–Trinajstić information content (AvgIpc) is 2.61. The van der Waals surface area contributed by atoms with Crippen molar-refractivity contribution in [1.82, 2.24) is 0 Å². The lowest BCUT2D eigenvalue weighted by Gasteiger charge is -2.16. The second kappa shape index (κ2) is 9.23. The van der Waals surface area contributed by atoms with E-state index in [9.17, 15) is 14.9 Å². The molecular weight excluding hydrogens is 322 g/mol. The van der Waals surface area contributed by atoms with E-state index in [2.05, 4.69) is 6.92 Å². The fourth-order valence-corrected chi connectivity index (χ4v) is 3.72. The zero-order valence-electron chi connectivity index (χ0n) is 13.7. The number of nitro benzene ring substituents is 1. The van der Waals surface area contributed by atoms with Crippen molar-refractivity contribution in [3.63, 3.8) is 0 Å². The van der Waals surface area contributed by atoms with Crippen LogP contribution >= 0.6 is 11.8 Å². The molecule has 0 aliphatic rings. The number of carbonyl (C=O) groups excluding carboxylic acids is 1. The number of unbranched alkanes of at least 4 members (excludes halogenated alkanes) is 1. The molecule has 24 heavy (non-hydrogen) atoms. The second-order valence-electron chi connectivity index (χ2n) is 5.55. The molecule has 0 fully saturated rings. The number of hydrogen-bond donors (Lipinski definition) is 0. The van der Waals surface area contributed by atoms with Crippen LogP contribution in [0.15, 0.2) is 54.6 Å². The minimum atomic E-state index is -0.405. The minimum absolute atomic E-state index is 0.0186. The molecule has 0 radical (unpaired) electrons. The molecule has 0 aliphatic carbocycles. The predicted octanol–water partition coefficient (Wildman–Crippen LogP) is 5.44. The van der Waals surface area contributed by atoms with Gasteiger partial charge in [-0.05, 0) is 17.7 Å². The molecule has 0 N–H and O–H groups in total. The van der Waals surface area contributed by atoms with E-state index in [-0.39, 0.29) is 16.7 Å². The summed E-state index contributed by atoms with van der Waals surface area (Å²) in [6, 6.07) is 15.8. The molecule has 2 aromatic rings. The van der Waals surface area contributed by atoms with Crippen LogP contribution < -0.4 is 0 Å². The Morgan fingerprint density at radius 1 is 1.12 bits per heavy atom. The third-order valence-electron chi connectivity index (χ3n) is 3.76. The van der Waals surface area contributed by atoms with E-state index in [1.54, 1.807) is 23.9 Å². The van der Waals surface area contributed by atoms with Gasteiger partial charge in [-0.3, -0.25) is 14.9 Å². The fourth-order valence-electron chi connectivity index (χ4n) is 2.36. The van der Waals surface area contributed by atoms with Gasteiger partial charge in [-0.25, -0.2) is 0 Å². The molecule has 0 spiro atoms. The molecule has 1 unspecified atom stereocenters. The molecule has 0 amide bonds. The topological polar surface area (TPSA) is 60.2 Å². The Labute approximate surface area is 146 Å². The van der Waals surface area contributed by atoms with E-state index >= 15 is 0 Å². The first-order chi connectivity index (χ1) is 11.6. The molecule has 1 atom stereocenters. The maximum atomic E-state index is 12.5. The van der Waals surface area contributed by atoms with Gasteiger partial charge in [-0.1, -0.05) is 55.8 Å². The normalized spacial score (nSPS) is 11.9. The van der Waals surface area contributed by atoms with Gasteiger partial charge in [0.1, 0.15) is 0 Å². The molecular formula is C19H21NO3S. The lowest BCUT2D eigenvalue weighted by Crippen LogP contribution is -2.06.